The van der Waals surface area contributed by atoms with Crippen LogP contribution in [0.2, 0.25) is 0 Å². The van der Waals surface area contributed by atoms with Crippen molar-refractivity contribution in [2.45, 2.75) is 83.8 Å². The van der Waals surface area contributed by atoms with Gasteiger partial charge in [0.1, 0.15) is 5.82 Å². The predicted molar refractivity (Wildman–Crippen MR) is 115 cm³/mol. The van der Waals surface area contributed by atoms with Crippen LogP contribution < -0.4 is 16.6 Å². The molecular weight excluding hydrogens is 389 g/mol. The maximum Gasteiger partial charge on any atom is 0.331 e. The van der Waals surface area contributed by atoms with E-state index < -0.39 is 23.0 Å². The van der Waals surface area contributed by atoms with Crippen molar-refractivity contribution in [2.24, 2.45) is 0 Å². The molecule has 1 saturated carbocycles. The van der Waals surface area contributed by atoms with Gasteiger partial charge in [-0.3, -0.25) is 18.7 Å². The van der Waals surface area contributed by atoms with Crippen LogP contribution in [0.4, 0.5) is 10.1 Å². The van der Waals surface area contributed by atoms with Gasteiger partial charge in [-0.25, -0.2) is 9.18 Å². The van der Waals surface area contributed by atoms with E-state index in [-0.39, 0.29) is 30.4 Å². The minimum Gasteiger partial charge on any atom is -0.481 e. The van der Waals surface area contributed by atoms with Crippen molar-refractivity contribution >= 4 is 22.6 Å². The molecule has 0 bridgehead atoms. The van der Waals surface area contributed by atoms with Crippen LogP contribution in [-0.2, 0) is 11.3 Å². The van der Waals surface area contributed by atoms with E-state index in [1.54, 1.807) is 6.07 Å². The van der Waals surface area contributed by atoms with Gasteiger partial charge in [-0.05, 0) is 51.7 Å². The number of hydrogen-bond acceptors (Lipinski definition) is 4. The van der Waals surface area contributed by atoms with Crippen LogP contribution in [0.25, 0.3) is 10.9 Å². The lowest BCUT2D eigenvalue weighted by atomic mass is 9.95. The number of aromatic nitrogens is 2. The normalized spacial score (nSPS) is 15.1. The van der Waals surface area contributed by atoms with Crippen LogP contribution in [0.5, 0.6) is 0 Å². The zero-order valence-corrected chi connectivity index (χ0v) is 17.6. The van der Waals surface area contributed by atoms with E-state index in [0.717, 1.165) is 30.3 Å². The van der Waals surface area contributed by atoms with E-state index in [4.69, 9.17) is 5.11 Å². The average Bonchev–Trinajstić information content (AvgIpc) is 2.69. The molecule has 164 valence electrons. The molecule has 0 unspecified atom stereocenters. The van der Waals surface area contributed by atoms with Crippen molar-refractivity contribution in [3.05, 3.63) is 38.8 Å². The van der Waals surface area contributed by atoms with Crippen molar-refractivity contribution in [3.8, 4) is 0 Å². The van der Waals surface area contributed by atoms with E-state index in [2.05, 4.69) is 5.32 Å². The molecule has 1 aliphatic rings. The molecule has 0 amide bonds. The minimum absolute atomic E-state index is 0.0223. The Kier molecular flexibility index (Phi) is 6.95. The number of carboxylic acid groups (broad SMARTS) is 1. The van der Waals surface area contributed by atoms with Gasteiger partial charge in [-0.1, -0.05) is 19.3 Å². The SMILES string of the molecule is CC(C)n1c(=O)n(CCCCC(=O)O)c(=O)c2cc(F)c(NC3CCCCC3)cc21. The number of carbonyl (C=O) groups is 1. The number of benzene rings is 1. The monoisotopic (exact) mass is 419 g/mol. The van der Waals surface area contributed by atoms with Crippen molar-refractivity contribution < 1.29 is 14.3 Å². The molecule has 1 heterocycles. The van der Waals surface area contributed by atoms with Crippen LogP contribution in [-0.4, -0.2) is 26.3 Å². The van der Waals surface area contributed by atoms with Crippen molar-refractivity contribution in [3.63, 3.8) is 0 Å². The number of anilines is 1. The lowest BCUT2D eigenvalue weighted by Crippen LogP contribution is -2.41. The van der Waals surface area contributed by atoms with Gasteiger partial charge in [0.2, 0.25) is 0 Å². The number of hydrogen-bond donors (Lipinski definition) is 2. The van der Waals surface area contributed by atoms with Crippen LogP contribution in [0.15, 0.2) is 21.7 Å². The molecule has 1 aromatic carbocycles. The van der Waals surface area contributed by atoms with Crippen LogP contribution in [0, 0.1) is 5.82 Å². The number of rotatable bonds is 8. The highest BCUT2D eigenvalue weighted by atomic mass is 19.1. The second-order valence-electron chi connectivity index (χ2n) is 8.38. The summed E-state index contributed by atoms with van der Waals surface area (Å²) in [4.78, 5) is 36.7. The molecule has 1 aliphatic carbocycles. The maximum absolute atomic E-state index is 14.9. The number of fused-ring (bicyclic) bond motifs is 1. The summed E-state index contributed by atoms with van der Waals surface area (Å²) in [5.74, 6) is -1.42. The van der Waals surface area contributed by atoms with Gasteiger partial charge in [0.05, 0.1) is 16.6 Å². The Morgan fingerprint density at radius 2 is 1.90 bits per heavy atom. The summed E-state index contributed by atoms with van der Waals surface area (Å²) in [6.45, 7) is 3.80. The number of nitrogens with one attached hydrogen (secondary N) is 1. The lowest BCUT2D eigenvalue weighted by molar-refractivity contribution is -0.137. The Balaban J connectivity index is 2.03. The van der Waals surface area contributed by atoms with E-state index >= 15 is 0 Å². The summed E-state index contributed by atoms with van der Waals surface area (Å²) in [5, 5.41) is 12.2. The molecule has 1 aromatic heterocycles. The highest BCUT2D eigenvalue weighted by molar-refractivity contribution is 5.82. The fourth-order valence-corrected chi connectivity index (χ4v) is 4.22. The van der Waals surface area contributed by atoms with Crippen LogP contribution in [0.3, 0.4) is 0 Å². The molecule has 0 atom stereocenters. The van der Waals surface area contributed by atoms with E-state index in [0.29, 0.717) is 24.0 Å². The molecule has 3 rings (SSSR count). The van der Waals surface area contributed by atoms with Crippen LogP contribution in [0.1, 0.15) is 71.3 Å². The molecule has 0 spiro atoms. The quantitative estimate of drug-likeness (QED) is 0.634. The summed E-state index contributed by atoms with van der Waals surface area (Å²) in [6, 6.07) is 2.77. The van der Waals surface area contributed by atoms with Crippen molar-refractivity contribution in [1.82, 2.24) is 9.13 Å². The van der Waals surface area contributed by atoms with Gasteiger partial charge in [0, 0.05) is 25.0 Å². The van der Waals surface area contributed by atoms with E-state index in [9.17, 15) is 18.8 Å². The second kappa shape index (κ2) is 9.45. The molecule has 2 aromatic rings. The molecule has 0 aliphatic heterocycles. The number of unbranched alkanes of at least 4 members (excludes halogenated alkanes) is 1. The topological polar surface area (TPSA) is 93.3 Å². The Bertz CT molecular complexity index is 1040. The first kappa shape index (κ1) is 22.1. The predicted octanol–water partition coefficient (Wildman–Crippen LogP) is 3.88. The first-order chi connectivity index (χ1) is 14.3. The molecule has 7 nitrogen and oxygen atoms in total. The Labute approximate surface area is 174 Å². The molecule has 1 fully saturated rings. The highest BCUT2D eigenvalue weighted by Crippen LogP contribution is 2.26. The van der Waals surface area contributed by atoms with Gasteiger partial charge in [-0.2, -0.15) is 0 Å². The third-order valence-corrected chi connectivity index (χ3v) is 5.76. The van der Waals surface area contributed by atoms with Gasteiger partial charge >= 0.3 is 11.7 Å². The van der Waals surface area contributed by atoms with Crippen molar-refractivity contribution in [2.75, 3.05) is 5.32 Å². The third kappa shape index (κ3) is 4.74. The summed E-state index contributed by atoms with van der Waals surface area (Å²) in [7, 11) is 0. The summed E-state index contributed by atoms with van der Waals surface area (Å²) >= 11 is 0. The number of carboxylic acids is 1. The maximum atomic E-state index is 14.9. The molecular formula is C22H30FN3O4. The average molecular weight is 419 g/mol. The van der Waals surface area contributed by atoms with E-state index in [1.807, 2.05) is 13.8 Å². The highest BCUT2D eigenvalue weighted by Gasteiger charge is 2.20. The fourth-order valence-electron chi connectivity index (χ4n) is 4.22. The molecule has 0 radical (unpaired) electrons. The largest absolute Gasteiger partial charge is 0.481 e. The first-order valence-electron chi connectivity index (χ1n) is 10.8. The Hall–Kier alpha value is -2.64. The van der Waals surface area contributed by atoms with Gasteiger partial charge in [0.15, 0.2) is 0 Å². The Morgan fingerprint density at radius 3 is 2.53 bits per heavy atom. The zero-order valence-electron chi connectivity index (χ0n) is 17.6. The standard InChI is InChI=1S/C22H30FN3O4/c1-14(2)26-19-13-18(24-15-8-4-3-5-9-15)17(23)12-16(19)21(29)25(22(26)30)11-7-6-10-20(27)28/h12-15,24H,3-11H2,1-2H3,(H,27,28). The van der Waals surface area contributed by atoms with Crippen LogP contribution >= 0.6 is 0 Å². The summed E-state index contributed by atoms with van der Waals surface area (Å²) in [6.07, 6.45) is 6.09. The molecule has 2 N–H and O–H groups in total. The van der Waals surface area contributed by atoms with Gasteiger partial charge in [-0.15, -0.1) is 0 Å². The Morgan fingerprint density at radius 1 is 1.20 bits per heavy atom. The van der Waals surface area contributed by atoms with E-state index in [1.165, 1.54) is 17.1 Å². The molecule has 0 saturated heterocycles. The minimum atomic E-state index is -0.916. The lowest BCUT2D eigenvalue weighted by Gasteiger charge is -2.25. The zero-order chi connectivity index (χ0) is 21.8. The van der Waals surface area contributed by atoms with Gasteiger partial charge < -0.3 is 10.4 Å². The molecule has 8 heteroatoms. The smallest absolute Gasteiger partial charge is 0.331 e. The second-order valence-corrected chi connectivity index (χ2v) is 8.38. The summed E-state index contributed by atoms with van der Waals surface area (Å²) in [5.41, 5.74) is -0.248. The number of aliphatic carboxylic acids is 1. The first-order valence-corrected chi connectivity index (χ1v) is 10.8. The number of nitrogens with zero attached hydrogens (tertiary/aromatic N) is 2. The third-order valence-electron chi connectivity index (χ3n) is 5.76. The fraction of sp³-hybridized carbons (Fsp3) is 0.591. The summed E-state index contributed by atoms with van der Waals surface area (Å²) < 4.78 is 17.5. The van der Waals surface area contributed by atoms with Gasteiger partial charge in [0.25, 0.3) is 5.56 Å². The molecule has 30 heavy (non-hydrogen) atoms. The number of halogens is 1. The van der Waals surface area contributed by atoms with Crippen molar-refractivity contribution in [1.29, 1.82) is 0 Å².